The standard InChI is InChI=1S/C26H24N2O5/c1-32-16-15-28-23(19-11-13-27-14-12-19)22(25(30)26(28)31)24(29)20-7-9-21(10-8-20)33-17-18-5-3-2-4-6-18/h2-14,23,29H,15-17H2,1H3/b24-22-. The lowest BCUT2D eigenvalue weighted by Crippen LogP contribution is -2.32. The Morgan fingerprint density at radius 1 is 1.00 bits per heavy atom. The number of carbonyl (C=O) groups is 2. The SMILES string of the molecule is COCCN1C(=O)C(=O)/C(=C(\O)c2ccc(OCc3ccccc3)cc2)C1c1ccncc1. The van der Waals surface area contributed by atoms with Crippen molar-refractivity contribution in [3.63, 3.8) is 0 Å². The number of likely N-dealkylation sites (tertiary alicyclic amines) is 1. The topological polar surface area (TPSA) is 89.0 Å². The van der Waals surface area contributed by atoms with Crippen molar-refractivity contribution in [1.82, 2.24) is 9.88 Å². The number of carbonyl (C=O) groups excluding carboxylic acids is 2. The fourth-order valence-electron chi connectivity index (χ4n) is 3.80. The fourth-order valence-corrected chi connectivity index (χ4v) is 3.80. The van der Waals surface area contributed by atoms with Gasteiger partial charge in [-0.15, -0.1) is 0 Å². The number of rotatable bonds is 8. The van der Waals surface area contributed by atoms with Gasteiger partial charge in [-0.05, 0) is 47.5 Å². The van der Waals surface area contributed by atoms with Crippen LogP contribution in [0.25, 0.3) is 5.76 Å². The molecular formula is C26H24N2O5. The van der Waals surface area contributed by atoms with E-state index >= 15 is 0 Å². The van der Waals surface area contributed by atoms with E-state index in [1.807, 2.05) is 30.3 Å². The van der Waals surface area contributed by atoms with Crippen LogP contribution in [0, 0.1) is 0 Å². The Bertz CT molecular complexity index is 1140. The molecule has 0 bridgehead atoms. The minimum absolute atomic E-state index is 0.0419. The summed E-state index contributed by atoms with van der Waals surface area (Å²) in [6.07, 6.45) is 3.18. The Kier molecular flexibility index (Phi) is 6.80. The molecule has 1 atom stereocenters. The molecule has 1 aliphatic heterocycles. The molecule has 7 heteroatoms. The summed E-state index contributed by atoms with van der Waals surface area (Å²) in [6.45, 7) is 0.901. The molecule has 1 aliphatic rings. The molecule has 3 aromatic rings. The van der Waals surface area contributed by atoms with E-state index in [9.17, 15) is 14.7 Å². The van der Waals surface area contributed by atoms with Crippen LogP contribution in [0.1, 0.15) is 22.7 Å². The first kappa shape index (κ1) is 22.2. The Hall–Kier alpha value is -3.97. The van der Waals surface area contributed by atoms with Crippen LogP contribution in [0.4, 0.5) is 0 Å². The zero-order chi connectivity index (χ0) is 23.2. The van der Waals surface area contributed by atoms with E-state index in [2.05, 4.69) is 4.98 Å². The number of methoxy groups -OCH3 is 1. The summed E-state index contributed by atoms with van der Waals surface area (Å²) >= 11 is 0. The highest BCUT2D eigenvalue weighted by Crippen LogP contribution is 2.39. The lowest BCUT2D eigenvalue weighted by atomic mass is 9.96. The van der Waals surface area contributed by atoms with Gasteiger partial charge >= 0.3 is 0 Å². The maximum Gasteiger partial charge on any atom is 0.295 e. The van der Waals surface area contributed by atoms with Gasteiger partial charge in [-0.1, -0.05) is 30.3 Å². The normalized spacial score (nSPS) is 17.4. The summed E-state index contributed by atoms with van der Waals surface area (Å²) in [5, 5.41) is 11.1. The summed E-state index contributed by atoms with van der Waals surface area (Å²) in [7, 11) is 1.53. The van der Waals surface area contributed by atoms with Crippen LogP contribution in [0.15, 0.2) is 84.7 Å². The van der Waals surface area contributed by atoms with Crippen LogP contribution in [-0.2, 0) is 20.9 Å². The third-order valence-corrected chi connectivity index (χ3v) is 5.47. The number of hydrogen-bond donors (Lipinski definition) is 1. The molecule has 33 heavy (non-hydrogen) atoms. The van der Waals surface area contributed by atoms with E-state index in [-0.39, 0.29) is 24.5 Å². The predicted molar refractivity (Wildman–Crippen MR) is 122 cm³/mol. The second-order valence-corrected chi connectivity index (χ2v) is 7.56. The van der Waals surface area contributed by atoms with Crippen molar-refractivity contribution in [2.45, 2.75) is 12.6 Å². The maximum atomic E-state index is 12.9. The second-order valence-electron chi connectivity index (χ2n) is 7.56. The van der Waals surface area contributed by atoms with Gasteiger partial charge < -0.3 is 19.5 Å². The highest BCUT2D eigenvalue weighted by atomic mass is 16.5. The van der Waals surface area contributed by atoms with E-state index in [0.29, 0.717) is 23.5 Å². The van der Waals surface area contributed by atoms with Gasteiger partial charge in [-0.25, -0.2) is 0 Å². The largest absolute Gasteiger partial charge is 0.507 e. The molecule has 7 nitrogen and oxygen atoms in total. The van der Waals surface area contributed by atoms with Crippen LogP contribution in [0.5, 0.6) is 5.75 Å². The number of amides is 1. The van der Waals surface area contributed by atoms with Gasteiger partial charge in [0.05, 0.1) is 18.2 Å². The first-order valence-electron chi connectivity index (χ1n) is 10.5. The monoisotopic (exact) mass is 444 g/mol. The van der Waals surface area contributed by atoms with Crippen molar-refractivity contribution in [2.24, 2.45) is 0 Å². The summed E-state index contributed by atoms with van der Waals surface area (Å²) in [4.78, 5) is 31.1. The first-order valence-corrected chi connectivity index (χ1v) is 10.5. The first-order chi connectivity index (χ1) is 16.1. The molecule has 4 rings (SSSR count). The quantitative estimate of drug-likeness (QED) is 0.324. The van der Waals surface area contributed by atoms with Crippen molar-refractivity contribution < 1.29 is 24.2 Å². The smallest absolute Gasteiger partial charge is 0.295 e. The molecule has 1 amide bonds. The van der Waals surface area contributed by atoms with Crippen molar-refractivity contribution >= 4 is 17.4 Å². The Morgan fingerprint density at radius 3 is 2.36 bits per heavy atom. The van der Waals surface area contributed by atoms with E-state index in [0.717, 1.165) is 5.56 Å². The zero-order valence-electron chi connectivity index (χ0n) is 18.2. The predicted octanol–water partition coefficient (Wildman–Crippen LogP) is 3.73. The summed E-state index contributed by atoms with van der Waals surface area (Å²) < 4.78 is 10.9. The second kappa shape index (κ2) is 10.1. The molecule has 0 radical (unpaired) electrons. The molecule has 1 aromatic heterocycles. The van der Waals surface area contributed by atoms with Gasteiger partial charge in [-0.2, -0.15) is 0 Å². The molecule has 2 heterocycles. The number of aromatic nitrogens is 1. The minimum atomic E-state index is -0.727. The highest BCUT2D eigenvalue weighted by Gasteiger charge is 2.45. The number of nitrogens with zero attached hydrogens (tertiary/aromatic N) is 2. The van der Waals surface area contributed by atoms with Crippen molar-refractivity contribution in [1.29, 1.82) is 0 Å². The number of ether oxygens (including phenoxy) is 2. The average Bonchev–Trinajstić information content (AvgIpc) is 3.12. The van der Waals surface area contributed by atoms with E-state index in [1.54, 1.807) is 48.8 Å². The van der Waals surface area contributed by atoms with Crippen LogP contribution < -0.4 is 4.74 Å². The number of aliphatic hydroxyl groups is 1. The van der Waals surface area contributed by atoms with Gasteiger partial charge in [-0.3, -0.25) is 14.6 Å². The van der Waals surface area contributed by atoms with Crippen molar-refractivity contribution in [2.75, 3.05) is 20.3 Å². The van der Waals surface area contributed by atoms with E-state index in [4.69, 9.17) is 9.47 Å². The lowest BCUT2D eigenvalue weighted by Gasteiger charge is -2.24. The zero-order valence-corrected chi connectivity index (χ0v) is 18.2. The fraction of sp³-hybridized carbons (Fsp3) is 0.192. The Labute approximate surface area is 191 Å². The molecule has 1 unspecified atom stereocenters. The van der Waals surface area contributed by atoms with Gasteiger partial charge in [0.1, 0.15) is 18.1 Å². The average molecular weight is 444 g/mol. The van der Waals surface area contributed by atoms with E-state index in [1.165, 1.54) is 12.0 Å². The van der Waals surface area contributed by atoms with Gasteiger partial charge in [0, 0.05) is 31.6 Å². The number of benzene rings is 2. The molecule has 1 saturated heterocycles. The molecule has 0 spiro atoms. The van der Waals surface area contributed by atoms with E-state index < -0.39 is 17.7 Å². The minimum Gasteiger partial charge on any atom is -0.507 e. The lowest BCUT2D eigenvalue weighted by molar-refractivity contribution is -0.140. The molecule has 2 aromatic carbocycles. The van der Waals surface area contributed by atoms with Gasteiger partial charge in [0.25, 0.3) is 11.7 Å². The van der Waals surface area contributed by atoms with Crippen LogP contribution >= 0.6 is 0 Å². The maximum absolute atomic E-state index is 12.9. The molecule has 0 aliphatic carbocycles. The van der Waals surface area contributed by atoms with Crippen molar-refractivity contribution in [3.8, 4) is 5.75 Å². The molecule has 168 valence electrons. The number of hydrogen-bond acceptors (Lipinski definition) is 6. The third-order valence-electron chi connectivity index (χ3n) is 5.47. The highest BCUT2D eigenvalue weighted by molar-refractivity contribution is 6.46. The number of pyridine rings is 1. The molecular weight excluding hydrogens is 420 g/mol. The Balaban J connectivity index is 1.63. The summed E-state index contributed by atoms with van der Waals surface area (Å²) in [6, 6.07) is 19.3. The number of Topliss-reactive ketones (excluding diaryl/α,β-unsaturated/α-hetero) is 1. The van der Waals surface area contributed by atoms with Gasteiger partial charge in [0.15, 0.2) is 0 Å². The summed E-state index contributed by atoms with van der Waals surface area (Å²) in [5.41, 5.74) is 2.19. The van der Waals surface area contributed by atoms with Gasteiger partial charge in [0.2, 0.25) is 0 Å². The number of ketones is 1. The Morgan fingerprint density at radius 2 is 1.70 bits per heavy atom. The third kappa shape index (κ3) is 4.78. The molecule has 1 N–H and O–H groups in total. The van der Waals surface area contributed by atoms with Crippen LogP contribution in [0.3, 0.4) is 0 Å². The summed E-state index contributed by atoms with van der Waals surface area (Å²) in [5.74, 6) is -1.00. The number of aliphatic hydroxyl groups excluding tert-OH is 1. The van der Waals surface area contributed by atoms with Crippen molar-refractivity contribution in [3.05, 3.63) is 101 Å². The van der Waals surface area contributed by atoms with Crippen LogP contribution in [-0.4, -0.2) is 46.9 Å². The molecule has 1 fully saturated rings. The molecule has 0 saturated carbocycles. The van der Waals surface area contributed by atoms with Crippen LogP contribution in [0.2, 0.25) is 0 Å².